The highest BCUT2D eigenvalue weighted by Gasteiger charge is 2.46. The molecule has 1 heterocycles. The van der Waals surface area contributed by atoms with Crippen molar-refractivity contribution in [1.29, 1.82) is 0 Å². The van der Waals surface area contributed by atoms with Crippen molar-refractivity contribution in [2.75, 3.05) is 13.2 Å². The van der Waals surface area contributed by atoms with Crippen LogP contribution in [0.2, 0.25) is 0 Å². The van der Waals surface area contributed by atoms with E-state index in [2.05, 4.69) is 0 Å². The molecular weight excluding hydrogens is 294 g/mol. The van der Waals surface area contributed by atoms with Crippen molar-refractivity contribution in [3.63, 3.8) is 0 Å². The van der Waals surface area contributed by atoms with Gasteiger partial charge in [0.15, 0.2) is 0 Å². The van der Waals surface area contributed by atoms with Crippen LogP contribution < -0.4 is 0 Å². The Balaban J connectivity index is 2.10. The zero-order valence-electron chi connectivity index (χ0n) is 13.4. The smallest absolute Gasteiger partial charge is 0.134 e. The number of ketones is 1. The molecule has 5 heteroatoms. The minimum absolute atomic E-state index is 0.0388. The quantitative estimate of drug-likeness (QED) is 0.694. The zero-order chi connectivity index (χ0) is 16.8. The van der Waals surface area contributed by atoms with E-state index in [1.807, 2.05) is 47.4 Å². The Labute approximate surface area is 136 Å². The van der Waals surface area contributed by atoms with Gasteiger partial charge in [0.25, 0.3) is 0 Å². The Bertz CT molecular complexity index is 531. The van der Waals surface area contributed by atoms with Crippen LogP contribution in [0.3, 0.4) is 0 Å². The molecule has 0 aromatic heterocycles. The second kappa shape index (κ2) is 8.36. The molecule has 0 bridgehead atoms. The molecule has 0 spiro atoms. The highest BCUT2D eigenvalue weighted by Crippen LogP contribution is 2.28. The average Bonchev–Trinajstić information content (AvgIpc) is 2.80. The maximum Gasteiger partial charge on any atom is 0.134 e. The molecule has 4 atom stereocenters. The van der Waals surface area contributed by atoms with Gasteiger partial charge in [0, 0.05) is 25.4 Å². The average molecular weight is 319 g/mol. The molecule has 0 aliphatic carbocycles. The minimum atomic E-state index is -1.04. The molecule has 2 rings (SSSR count). The molecule has 1 fully saturated rings. The molecule has 5 nitrogen and oxygen atoms in total. The van der Waals surface area contributed by atoms with Gasteiger partial charge >= 0.3 is 0 Å². The van der Waals surface area contributed by atoms with Crippen LogP contribution in [0.15, 0.2) is 36.4 Å². The number of benzene rings is 1. The van der Waals surface area contributed by atoms with Gasteiger partial charge in [-0.3, -0.25) is 9.69 Å². The Morgan fingerprint density at radius 1 is 1.17 bits per heavy atom. The molecule has 0 amide bonds. The number of aliphatic hydroxyl groups excluding tert-OH is 3. The Morgan fingerprint density at radius 3 is 2.43 bits per heavy atom. The summed E-state index contributed by atoms with van der Waals surface area (Å²) in [7, 11) is 0. The normalized spacial score (nSPS) is 28.5. The molecular formula is C18H25NO4. The van der Waals surface area contributed by atoms with Crippen LogP contribution in [0.1, 0.15) is 25.3 Å². The fraction of sp³-hybridized carbons (Fsp3) is 0.500. The van der Waals surface area contributed by atoms with Crippen molar-refractivity contribution >= 4 is 11.9 Å². The van der Waals surface area contributed by atoms with Crippen LogP contribution in [0.4, 0.5) is 0 Å². The minimum Gasteiger partial charge on any atom is -0.395 e. The third-order valence-corrected chi connectivity index (χ3v) is 4.43. The van der Waals surface area contributed by atoms with Gasteiger partial charge in [-0.25, -0.2) is 0 Å². The number of Topliss-reactive ketones (excluding diaryl/α,β-unsaturated/α-hetero) is 1. The summed E-state index contributed by atoms with van der Waals surface area (Å²) in [5, 5.41) is 29.9. The van der Waals surface area contributed by atoms with Crippen molar-refractivity contribution < 1.29 is 20.1 Å². The van der Waals surface area contributed by atoms with E-state index in [1.165, 1.54) is 0 Å². The lowest BCUT2D eigenvalue weighted by molar-refractivity contribution is -0.120. The van der Waals surface area contributed by atoms with Gasteiger partial charge in [0.1, 0.15) is 5.78 Å². The second-order valence-electron chi connectivity index (χ2n) is 5.90. The maximum absolute atomic E-state index is 11.8. The summed E-state index contributed by atoms with van der Waals surface area (Å²) in [6.07, 6.45) is 2.39. The maximum atomic E-state index is 11.8. The number of rotatable bonds is 7. The van der Waals surface area contributed by atoms with Gasteiger partial charge in [-0.1, -0.05) is 49.4 Å². The van der Waals surface area contributed by atoms with E-state index in [0.717, 1.165) is 5.56 Å². The lowest BCUT2D eigenvalue weighted by Crippen LogP contribution is -2.42. The first kappa shape index (κ1) is 17.8. The van der Waals surface area contributed by atoms with Crippen molar-refractivity contribution in [2.24, 2.45) is 0 Å². The number of hydrogen-bond donors (Lipinski definition) is 3. The van der Waals surface area contributed by atoms with E-state index in [9.17, 15) is 20.1 Å². The summed E-state index contributed by atoms with van der Waals surface area (Å²) < 4.78 is 0. The van der Waals surface area contributed by atoms with Gasteiger partial charge < -0.3 is 15.3 Å². The summed E-state index contributed by atoms with van der Waals surface area (Å²) in [6.45, 7) is 1.98. The van der Waals surface area contributed by atoms with Gasteiger partial charge in [0.2, 0.25) is 0 Å². The largest absolute Gasteiger partial charge is 0.395 e. The zero-order valence-corrected chi connectivity index (χ0v) is 13.4. The standard InChI is InChI=1S/C18H25NO4/c1-2-14(21)11-15-17(22)18(23)16(12-20)19(15)10-6-9-13-7-4-3-5-8-13/h3-9,15-18,20,22-23H,2,10-12H2,1H3/b9-6+/t15-,16-,17-,18-/m1/s1. The van der Waals surface area contributed by atoms with E-state index in [-0.39, 0.29) is 18.8 Å². The molecule has 126 valence electrons. The summed E-state index contributed by atoms with van der Waals surface area (Å²) in [6, 6.07) is 8.77. The first-order chi connectivity index (χ1) is 11.1. The van der Waals surface area contributed by atoms with Gasteiger partial charge in [-0.15, -0.1) is 0 Å². The summed E-state index contributed by atoms with van der Waals surface area (Å²) in [5.74, 6) is 0.0388. The molecule has 1 aromatic carbocycles. The summed E-state index contributed by atoms with van der Waals surface area (Å²) in [5.41, 5.74) is 1.05. The van der Waals surface area contributed by atoms with Crippen molar-refractivity contribution in [3.05, 3.63) is 42.0 Å². The number of carbonyl (C=O) groups is 1. The van der Waals surface area contributed by atoms with E-state index in [1.54, 1.807) is 6.92 Å². The Morgan fingerprint density at radius 2 is 1.83 bits per heavy atom. The van der Waals surface area contributed by atoms with Gasteiger partial charge in [-0.05, 0) is 5.56 Å². The first-order valence-electron chi connectivity index (χ1n) is 8.04. The predicted octanol–water partition coefficient (Wildman–Crippen LogP) is 0.836. The lowest BCUT2D eigenvalue weighted by Gasteiger charge is -2.28. The van der Waals surface area contributed by atoms with E-state index < -0.39 is 24.3 Å². The highest BCUT2D eigenvalue weighted by molar-refractivity contribution is 5.78. The number of aliphatic hydroxyl groups is 3. The topological polar surface area (TPSA) is 81.0 Å². The highest BCUT2D eigenvalue weighted by atomic mass is 16.3. The molecule has 0 radical (unpaired) electrons. The van der Waals surface area contributed by atoms with Crippen LogP contribution in [0.5, 0.6) is 0 Å². The Kier molecular flexibility index (Phi) is 6.47. The molecule has 0 saturated carbocycles. The fourth-order valence-electron chi connectivity index (χ4n) is 3.07. The van der Waals surface area contributed by atoms with Crippen LogP contribution in [0.25, 0.3) is 6.08 Å². The third kappa shape index (κ3) is 4.26. The molecule has 1 aliphatic heterocycles. The third-order valence-electron chi connectivity index (χ3n) is 4.43. The van der Waals surface area contributed by atoms with Crippen LogP contribution in [-0.4, -0.2) is 63.4 Å². The molecule has 1 aromatic rings. The lowest BCUT2D eigenvalue weighted by atomic mass is 10.0. The van der Waals surface area contributed by atoms with Crippen molar-refractivity contribution in [2.45, 2.75) is 44.1 Å². The van der Waals surface area contributed by atoms with Crippen molar-refractivity contribution in [3.8, 4) is 0 Å². The number of carbonyl (C=O) groups excluding carboxylic acids is 1. The van der Waals surface area contributed by atoms with Crippen molar-refractivity contribution in [1.82, 2.24) is 4.90 Å². The number of nitrogens with zero attached hydrogens (tertiary/aromatic N) is 1. The van der Waals surface area contributed by atoms with Crippen LogP contribution in [-0.2, 0) is 4.79 Å². The van der Waals surface area contributed by atoms with E-state index in [0.29, 0.717) is 13.0 Å². The predicted molar refractivity (Wildman–Crippen MR) is 88.8 cm³/mol. The SMILES string of the molecule is CCC(=O)C[C@@H]1[C@@H](O)[C@H](O)[C@@H](CO)N1C/C=C/c1ccccc1. The molecule has 0 unspecified atom stereocenters. The molecule has 1 saturated heterocycles. The van der Waals surface area contributed by atoms with Gasteiger partial charge in [-0.2, -0.15) is 0 Å². The second-order valence-corrected chi connectivity index (χ2v) is 5.90. The first-order valence-corrected chi connectivity index (χ1v) is 8.04. The number of likely N-dealkylation sites (tertiary alicyclic amines) is 1. The van der Waals surface area contributed by atoms with Crippen LogP contribution in [0, 0.1) is 0 Å². The molecule has 1 aliphatic rings. The molecule has 23 heavy (non-hydrogen) atoms. The summed E-state index contributed by atoms with van der Waals surface area (Å²) >= 11 is 0. The number of hydrogen-bond acceptors (Lipinski definition) is 5. The fourth-order valence-corrected chi connectivity index (χ4v) is 3.07. The van der Waals surface area contributed by atoms with Crippen LogP contribution >= 0.6 is 0 Å². The van der Waals surface area contributed by atoms with E-state index >= 15 is 0 Å². The monoisotopic (exact) mass is 319 g/mol. The molecule has 3 N–H and O–H groups in total. The van der Waals surface area contributed by atoms with E-state index in [4.69, 9.17) is 0 Å². The van der Waals surface area contributed by atoms with Gasteiger partial charge in [0.05, 0.1) is 24.9 Å². The summed E-state index contributed by atoms with van der Waals surface area (Å²) in [4.78, 5) is 13.6. The Hall–Kier alpha value is -1.53.